The van der Waals surface area contributed by atoms with Crippen molar-refractivity contribution in [2.45, 2.75) is 13.0 Å². The van der Waals surface area contributed by atoms with Crippen LogP contribution in [0.1, 0.15) is 5.56 Å². The molecule has 6 nitrogen and oxygen atoms in total. The first-order valence-corrected chi connectivity index (χ1v) is 6.57. The molecule has 0 aromatic carbocycles. The minimum Gasteiger partial charge on any atom is -0.340 e. The Bertz CT molecular complexity index is 474. The van der Waals surface area contributed by atoms with Gasteiger partial charge in [-0.15, -0.1) is 0 Å². The minimum absolute atomic E-state index is 0.00228. The van der Waals surface area contributed by atoms with Crippen LogP contribution in [-0.4, -0.2) is 54.1 Å². The van der Waals surface area contributed by atoms with E-state index in [4.69, 9.17) is 0 Å². The zero-order valence-corrected chi connectivity index (χ0v) is 11.5. The summed E-state index contributed by atoms with van der Waals surface area (Å²) < 4.78 is 0. The molecule has 102 valence electrons. The van der Waals surface area contributed by atoms with Crippen LogP contribution in [0.15, 0.2) is 12.4 Å². The summed E-state index contributed by atoms with van der Waals surface area (Å²) in [4.78, 5) is 24.1. The minimum atomic E-state index is -0.00228. The summed E-state index contributed by atoms with van der Waals surface area (Å²) >= 11 is 0. The zero-order chi connectivity index (χ0) is 13.6. The Morgan fingerprint density at radius 2 is 1.89 bits per heavy atom. The van der Waals surface area contributed by atoms with Crippen molar-refractivity contribution in [1.82, 2.24) is 20.2 Å². The topological polar surface area (TPSA) is 61.4 Å². The molecular weight excluding hydrogens is 242 g/mol. The quantitative estimate of drug-likeness (QED) is 0.841. The Hall–Kier alpha value is -1.85. The number of hydrogen-bond donors (Lipinski definition) is 1. The highest BCUT2D eigenvalue weighted by Crippen LogP contribution is 2.46. The fraction of sp³-hybridized carbons (Fsp3) is 0.615. The summed E-state index contributed by atoms with van der Waals surface area (Å²) in [5, 5.41) is 3.06. The van der Waals surface area contributed by atoms with E-state index < -0.39 is 0 Å². The third-order valence-electron chi connectivity index (χ3n) is 3.94. The molecule has 1 aromatic rings. The summed E-state index contributed by atoms with van der Waals surface area (Å²) in [6.45, 7) is 3.86. The molecule has 2 fully saturated rings. The molecule has 2 amide bonds. The first-order chi connectivity index (χ1) is 9.06. The number of anilines is 1. The number of rotatable bonds is 2. The lowest BCUT2D eigenvalue weighted by Crippen LogP contribution is -2.40. The van der Waals surface area contributed by atoms with Gasteiger partial charge >= 0.3 is 6.03 Å². The maximum absolute atomic E-state index is 11.6. The van der Waals surface area contributed by atoms with E-state index in [9.17, 15) is 4.79 Å². The number of fused-ring (bicyclic) bond motifs is 1. The standard InChI is InChI=1S/C13H19N5O/c1-8-4-14-12(15-5-8)18-6-9-10(7-18)11(9)16-13(19)17(2)3/h4-5,9-11H,6-7H2,1-3H3,(H,16,19)/t9-,10+,11?. The van der Waals surface area contributed by atoms with Gasteiger partial charge in [0.2, 0.25) is 5.95 Å². The summed E-state index contributed by atoms with van der Waals surface area (Å²) in [6, 6.07) is 0.328. The molecule has 0 radical (unpaired) electrons. The molecule has 19 heavy (non-hydrogen) atoms. The number of hydrogen-bond acceptors (Lipinski definition) is 4. The fourth-order valence-corrected chi connectivity index (χ4v) is 2.72. The molecule has 1 aromatic heterocycles. The van der Waals surface area contributed by atoms with Gasteiger partial charge in [-0.05, 0) is 12.5 Å². The molecule has 1 saturated heterocycles. The number of carbonyl (C=O) groups is 1. The average molecular weight is 261 g/mol. The van der Waals surface area contributed by atoms with Gasteiger partial charge in [0.15, 0.2) is 0 Å². The van der Waals surface area contributed by atoms with E-state index in [2.05, 4.69) is 20.2 Å². The van der Waals surface area contributed by atoms with E-state index >= 15 is 0 Å². The van der Waals surface area contributed by atoms with Crippen LogP contribution >= 0.6 is 0 Å². The lowest BCUT2D eigenvalue weighted by Gasteiger charge is -2.20. The van der Waals surface area contributed by atoms with Crippen LogP contribution in [0.2, 0.25) is 0 Å². The molecular formula is C13H19N5O. The van der Waals surface area contributed by atoms with Gasteiger partial charge in [0.25, 0.3) is 0 Å². The Balaban J connectivity index is 1.56. The maximum atomic E-state index is 11.6. The van der Waals surface area contributed by atoms with Crippen molar-refractivity contribution in [2.24, 2.45) is 11.8 Å². The van der Waals surface area contributed by atoms with E-state index in [-0.39, 0.29) is 6.03 Å². The number of nitrogens with one attached hydrogen (secondary N) is 1. The van der Waals surface area contributed by atoms with Crippen molar-refractivity contribution in [2.75, 3.05) is 32.1 Å². The van der Waals surface area contributed by atoms with E-state index in [1.54, 1.807) is 19.0 Å². The number of amides is 2. The van der Waals surface area contributed by atoms with Crippen molar-refractivity contribution >= 4 is 12.0 Å². The molecule has 3 rings (SSSR count). The van der Waals surface area contributed by atoms with Crippen LogP contribution in [0.5, 0.6) is 0 Å². The van der Waals surface area contributed by atoms with Crippen LogP contribution in [-0.2, 0) is 0 Å². The number of aromatic nitrogens is 2. The van der Waals surface area contributed by atoms with Crippen molar-refractivity contribution < 1.29 is 4.79 Å². The summed E-state index contributed by atoms with van der Waals surface area (Å²) in [5.74, 6) is 1.90. The molecule has 1 N–H and O–H groups in total. The third kappa shape index (κ3) is 2.22. The largest absolute Gasteiger partial charge is 0.340 e. The number of aryl methyl sites for hydroxylation is 1. The van der Waals surface area contributed by atoms with E-state index in [1.807, 2.05) is 19.3 Å². The Morgan fingerprint density at radius 1 is 1.32 bits per heavy atom. The van der Waals surface area contributed by atoms with Gasteiger partial charge in [0, 0.05) is 57.5 Å². The molecule has 2 heterocycles. The van der Waals surface area contributed by atoms with Crippen molar-refractivity contribution in [3.8, 4) is 0 Å². The molecule has 0 bridgehead atoms. The third-order valence-corrected chi connectivity index (χ3v) is 3.94. The Morgan fingerprint density at radius 3 is 2.42 bits per heavy atom. The average Bonchev–Trinajstić information content (AvgIpc) is 2.84. The lowest BCUT2D eigenvalue weighted by molar-refractivity contribution is 0.216. The predicted molar refractivity (Wildman–Crippen MR) is 72.0 cm³/mol. The zero-order valence-electron chi connectivity index (χ0n) is 11.5. The molecule has 6 heteroatoms. The molecule has 1 aliphatic heterocycles. The summed E-state index contributed by atoms with van der Waals surface area (Å²) in [7, 11) is 3.53. The fourth-order valence-electron chi connectivity index (χ4n) is 2.72. The summed E-state index contributed by atoms with van der Waals surface area (Å²) in [5.41, 5.74) is 1.07. The molecule has 0 spiro atoms. The highest BCUT2D eigenvalue weighted by atomic mass is 16.2. The predicted octanol–water partition coefficient (Wildman–Crippen LogP) is 0.491. The van der Waals surface area contributed by atoms with Gasteiger partial charge in [-0.1, -0.05) is 0 Å². The van der Waals surface area contributed by atoms with Gasteiger partial charge in [0.05, 0.1) is 0 Å². The van der Waals surface area contributed by atoms with Crippen molar-refractivity contribution in [1.29, 1.82) is 0 Å². The molecule has 3 atom stereocenters. The second-order valence-electron chi connectivity index (χ2n) is 5.66. The first-order valence-electron chi connectivity index (χ1n) is 6.57. The Labute approximate surface area is 112 Å². The second-order valence-corrected chi connectivity index (χ2v) is 5.66. The van der Waals surface area contributed by atoms with Crippen LogP contribution in [0.4, 0.5) is 10.7 Å². The van der Waals surface area contributed by atoms with Crippen LogP contribution in [0, 0.1) is 18.8 Å². The van der Waals surface area contributed by atoms with Gasteiger partial charge in [0.1, 0.15) is 0 Å². The van der Waals surface area contributed by atoms with Gasteiger partial charge in [-0.3, -0.25) is 0 Å². The smallest absolute Gasteiger partial charge is 0.317 e. The first kappa shape index (κ1) is 12.2. The monoisotopic (exact) mass is 261 g/mol. The normalized spacial score (nSPS) is 27.9. The Kier molecular flexibility index (Phi) is 2.80. The van der Waals surface area contributed by atoms with Crippen molar-refractivity contribution in [3.63, 3.8) is 0 Å². The molecule has 1 unspecified atom stereocenters. The molecule has 1 aliphatic carbocycles. The van der Waals surface area contributed by atoms with Crippen molar-refractivity contribution in [3.05, 3.63) is 18.0 Å². The molecule has 1 saturated carbocycles. The number of carbonyl (C=O) groups excluding carboxylic acids is 1. The van der Waals surface area contributed by atoms with Gasteiger partial charge < -0.3 is 15.1 Å². The van der Waals surface area contributed by atoms with Crippen LogP contribution < -0.4 is 10.2 Å². The summed E-state index contributed by atoms with van der Waals surface area (Å²) in [6.07, 6.45) is 3.69. The number of piperidine rings is 1. The van der Waals surface area contributed by atoms with Crippen LogP contribution in [0.3, 0.4) is 0 Å². The van der Waals surface area contributed by atoms with E-state index in [0.717, 1.165) is 24.6 Å². The van der Waals surface area contributed by atoms with Gasteiger partial charge in [-0.25, -0.2) is 14.8 Å². The second kappa shape index (κ2) is 4.36. The van der Waals surface area contributed by atoms with E-state index in [0.29, 0.717) is 17.9 Å². The lowest BCUT2D eigenvalue weighted by atomic mass is 10.4. The highest BCUT2D eigenvalue weighted by Gasteiger charge is 2.57. The SMILES string of the molecule is Cc1cnc(N2C[C@@H]3C(NC(=O)N(C)C)[C@@H]3C2)nc1. The number of nitrogens with zero attached hydrogens (tertiary/aromatic N) is 4. The van der Waals surface area contributed by atoms with Gasteiger partial charge in [-0.2, -0.15) is 0 Å². The maximum Gasteiger partial charge on any atom is 0.317 e. The van der Waals surface area contributed by atoms with Crippen LogP contribution in [0.25, 0.3) is 0 Å². The highest BCUT2D eigenvalue weighted by molar-refractivity contribution is 5.74. The molecule has 2 aliphatic rings. The number of urea groups is 1. The van der Waals surface area contributed by atoms with E-state index in [1.165, 1.54) is 0 Å².